The van der Waals surface area contributed by atoms with Gasteiger partial charge in [0.05, 0.1) is 18.3 Å². The first-order chi connectivity index (χ1) is 4.10. The summed E-state index contributed by atoms with van der Waals surface area (Å²) in [5, 5.41) is 9.02. The van der Waals surface area contributed by atoms with Crippen molar-refractivity contribution in [3.8, 4) is 0 Å². The first-order valence-electron chi connectivity index (χ1n) is 3.42. The first kappa shape index (κ1) is 7.03. The summed E-state index contributed by atoms with van der Waals surface area (Å²) < 4.78 is 5.33. The molecule has 1 N–H and O–H groups in total. The summed E-state index contributed by atoms with van der Waals surface area (Å²) in [6.45, 7) is 4.62. The minimum atomic E-state index is -0.224. The van der Waals surface area contributed by atoms with E-state index >= 15 is 0 Å². The molecule has 1 unspecified atom stereocenters. The molecule has 1 heterocycles. The molecular weight excluding hydrogens is 116 g/mol. The third-order valence-corrected chi connectivity index (χ3v) is 1.75. The van der Waals surface area contributed by atoms with Crippen LogP contribution in [-0.4, -0.2) is 23.4 Å². The molecule has 0 spiro atoms. The number of aliphatic hydroxyl groups is 1. The van der Waals surface area contributed by atoms with Crippen molar-refractivity contribution in [3.05, 3.63) is 0 Å². The summed E-state index contributed by atoms with van der Waals surface area (Å²) in [7, 11) is 0. The normalized spacial score (nSPS) is 34.3. The van der Waals surface area contributed by atoms with E-state index in [9.17, 15) is 0 Å². The fraction of sp³-hybridized carbons (Fsp3) is 1.00. The van der Waals surface area contributed by atoms with Crippen LogP contribution in [0.5, 0.6) is 0 Å². The molecule has 0 aromatic carbocycles. The van der Waals surface area contributed by atoms with E-state index in [2.05, 4.69) is 13.8 Å². The number of hydrogen-bond acceptors (Lipinski definition) is 2. The summed E-state index contributed by atoms with van der Waals surface area (Å²) in [4.78, 5) is 0. The second-order valence-corrected chi connectivity index (χ2v) is 3.26. The van der Waals surface area contributed by atoms with Crippen LogP contribution in [0.15, 0.2) is 0 Å². The average Bonchev–Trinajstić information content (AvgIpc) is 1.78. The zero-order valence-corrected chi connectivity index (χ0v) is 6.05. The maximum absolute atomic E-state index is 9.02. The summed E-state index contributed by atoms with van der Waals surface area (Å²) >= 11 is 0. The minimum absolute atomic E-state index is 0.000764. The third-order valence-electron chi connectivity index (χ3n) is 1.75. The van der Waals surface area contributed by atoms with Crippen LogP contribution in [0.25, 0.3) is 0 Å². The van der Waals surface area contributed by atoms with Gasteiger partial charge in [-0.1, -0.05) is 0 Å². The van der Waals surface area contributed by atoms with Crippen molar-refractivity contribution in [1.82, 2.24) is 0 Å². The molecule has 0 saturated carbocycles. The fourth-order valence-electron chi connectivity index (χ4n) is 0.992. The Hall–Kier alpha value is -0.0800. The third kappa shape index (κ3) is 1.95. The molecule has 1 fully saturated rings. The summed E-state index contributed by atoms with van der Waals surface area (Å²) in [5.41, 5.74) is -0.000764. The van der Waals surface area contributed by atoms with Crippen LogP contribution in [-0.2, 0) is 4.74 Å². The number of hydrogen-bond donors (Lipinski definition) is 1. The summed E-state index contributed by atoms with van der Waals surface area (Å²) in [6.07, 6.45) is 1.62. The zero-order chi connectivity index (χ0) is 6.91. The van der Waals surface area contributed by atoms with E-state index < -0.39 is 0 Å². The second kappa shape index (κ2) is 2.27. The molecule has 0 aromatic rings. The van der Waals surface area contributed by atoms with Crippen molar-refractivity contribution in [1.29, 1.82) is 0 Å². The molecule has 2 heteroatoms. The van der Waals surface area contributed by atoms with Crippen LogP contribution in [0.4, 0.5) is 0 Å². The predicted molar refractivity (Wildman–Crippen MR) is 35.3 cm³/mol. The van der Waals surface area contributed by atoms with Crippen LogP contribution in [0.2, 0.25) is 0 Å². The second-order valence-electron chi connectivity index (χ2n) is 3.26. The first-order valence-corrected chi connectivity index (χ1v) is 3.42. The van der Waals surface area contributed by atoms with Gasteiger partial charge in [0, 0.05) is 0 Å². The lowest BCUT2D eigenvalue weighted by Gasteiger charge is -2.32. The number of aliphatic hydroxyl groups excluding tert-OH is 1. The predicted octanol–water partition coefficient (Wildman–Crippen LogP) is 0.936. The van der Waals surface area contributed by atoms with Crippen LogP contribution < -0.4 is 0 Å². The van der Waals surface area contributed by atoms with Gasteiger partial charge in [-0.25, -0.2) is 0 Å². The van der Waals surface area contributed by atoms with E-state index in [1.165, 1.54) is 0 Å². The standard InChI is InChI=1S/C7H14O2/c1-7(2)4-3-6(8)5-9-7/h6,8H,3-5H2,1-2H3. The molecule has 9 heavy (non-hydrogen) atoms. The molecular formula is C7H14O2. The van der Waals surface area contributed by atoms with E-state index in [0.717, 1.165) is 12.8 Å². The Morgan fingerprint density at radius 1 is 1.56 bits per heavy atom. The van der Waals surface area contributed by atoms with E-state index in [1.54, 1.807) is 0 Å². The SMILES string of the molecule is CC1(C)CCC(O)CO1. The molecule has 0 aromatic heterocycles. The van der Waals surface area contributed by atoms with Crippen LogP contribution in [0.3, 0.4) is 0 Å². The van der Waals surface area contributed by atoms with Crippen molar-refractivity contribution >= 4 is 0 Å². The van der Waals surface area contributed by atoms with E-state index in [4.69, 9.17) is 9.84 Å². The van der Waals surface area contributed by atoms with E-state index in [0.29, 0.717) is 6.61 Å². The van der Waals surface area contributed by atoms with Crippen LogP contribution >= 0.6 is 0 Å². The maximum Gasteiger partial charge on any atom is 0.0775 e. The maximum atomic E-state index is 9.02. The number of ether oxygens (including phenoxy) is 1. The van der Waals surface area contributed by atoms with Gasteiger partial charge < -0.3 is 9.84 Å². The quantitative estimate of drug-likeness (QED) is 0.528. The van der Waals surface area contributed by atoms with Gasteiger partial charge in [-0.05, 0) is 26.7 Å². The Labute approximate surface area is 55.8 Å². The highest BCUT2D eigenvalue weighted by atomic mass is 16.5. The van der Waals surface area contributed by atoms with Crippen molar-refractivity contribution in [2.45, 2.75) is 38.4 Å². The fourth-order valence-corrected chi connectivity index (χ4v) is 0.992. The molecule has 1 aliphatic rings. The van der Waals surface area contributed by atoms with Gasteiger partial charge in [-0.15, -0.1) is 0 Å². The highest BCUT2D eigenvalue weighted by molar-refractivity contribution is 4.76. The lowest BCUT2D eigenvalue weighted by molar-refractivity contribution is -0.103. The highest BCUT2D eigenvalue weighted by Gasteiger charge is 2.25. The minimum Gasteiger partial charge on any atom is -0.391 e. The Morgan fingerprint density at radius 2 is 2.22 bits per heavy atom. The zero-order valence-electron chi connectivity index (χ0n) is 6.05. The monoisotopic (exact) mass is 130 g/mol. The van der Waals surface area contributed by atoms with Gasteiger partial charge in [0.2, 0.25) is 0 Å². The molecule has 0 bridgehead atoms. The Bertz CT molecular complexity index is 89.1. The molecule has 0 aliphatic carbocycles. The molecule has 0 amide bonds. The Kier molecular flexibility index (Phi) is 1.78. The molecule has 1 saturated heterocycles. The van der Waals surface area contributed by atoms with Gasteiger partial charge in [-0.3, -0.25) is 0 Å². The molecule has 1 rings (SSSR count). The van der Waals surface area contributed by atoms with Gasteiger partial charge in [0.1, 0.15) is 0 Å². The van der Waals surface area contributed by atoms with Crippen LogP contribution in [0, 0.1) is 0 Å². The molecule has 1 aliphatic heterocycles. The van der Waals surface area contributed by atoms with Crippen molar-refractivity contribution in [2.24, 2.45) is 0 Å². The van der Waals surface area contributed by atoms with Crippen molar-refractivity contribution in [2.75, 3.05) is 6.61 Å². The topological polar surface area (TPSA) is 29.5 Å². The average molecular weight is 130 g/mol. The lowest BCUT2D eigenvalue weighted by Crippen LogP contribution is -2.35. The van der Waals surface area contributed by atoms with Crippen molar-refractivity contribution < 1.29 is 9.84 Å². The Balaban J connectivity index is 2.35. The smallest absolute Gasteiger partial charge is 0.0775 e. The summed E-state index contributed by atoms with van der Waals surface area (Å²) in [5.74, 6) is 0. The lowest BCUT2D eigenvalue weighted by atomic mass is 9.97. The van der Waals surface area contributed by atoms with Gasteiger partial charge in [0.15, 0.2) is 0 Å². The molecule has 0 radical (unpaired) electrons. The van der Waals surface area contributed by atoms with Crippen LogP contribution in [0.1, 0.15) is 26.7 Å². The highest BCUT2D eigenvalue weighted by Crippen LogP contribution is 2.23. The molecule has 1 atom stereocenters. The Morgan fingerprint density at radius 3 is 2.56 bits per heavy atom. The largest absolute Gasteiger partial charge is 0.391 e. The van der Waals surface area contributed by atoms with E-state index in [1.807, 2.05) is 0 Å². The number of rotatable bonds is 0. The molecule has 2 nitrogen and oxygen atoms in total. The molecule has 54 valence electrons. The van der Waals surface area contributed by atoms with Crippen molar-refractivity contribution in [3.63, 3.8) is 0 Å². The van der Waals surface area contributed by atoms with E-state index in [-0.39, 0.29) is 11.7 Å². The van der Waals surface area contributed by atoms with Gasteiger partial charge >= 0.3 is 0 Å². The van der Waals surface area contributed by atoms with Gasteiger partial charge in [0.25, 0.3) is 0 Å². The summed E-state index contributed by atoms with van der Waals surface area (Å²) in [6, 6.07) is 0. The van der Waals surface area contributed by atoms with Gasteiger partial charge in [-0.2, -0.15) is 0 Å².